The van der Waals surface area contributed by atoms with Gasteiger partial charge in [0.1, 0.15) is 0 Å². The highest BCUT2D eigenvalue weighted by Crippen LogP contribution is 2.31. The van der Waals surface area contributed by atoms with Gasteiger partial charge >= 0.3 is 0 Å². The monoisotopic (exact) mass is 408 g/mol. The van der Waals surface area contributed by atoms with Crippen molar-refractivity contribution < 1.29 is 14.4 Å². The summed E-state index contributed by atoms with van der Waals surface area (Å²) in [5, 5.41) is 2.13. The third-order valence-corrected chi connectivity index (χ3v) is 4.96. The van der Waals surface area contributed by atoms with Crippen LogP contribution >= 0.6 is 15.9 Å². The number of ketones is 1. The first-order valence-electron chi connectivity index (χ1n) is 7.92. The molecule has 128 valence electrons. The number of rotatable bonds is 3. The summed E-state index contributed by atoms with van der Waals surface area (Å²) in [7, 11) is 0. The molecule has 1 aliphatic rings. The second-order valence-electron chi connectivity index (χ2n) is 6.14. The molecule has 0 atom stereocenters. The number of carbonyl (C=O) groups is 3. The predicted molar refractivity (Wildman–Crippen MR) is 102 cm³/mol. The van der Waals surface area contributed by atoms with Gasteiger partial charge in [-0.1, -0.05) is 34.1 Å². The van der Waals surface area contributed by atoms with Crippen LogP contribution in [0.3, 0.4) is 0 Å². The average molecular weight is 409 g/mol. The zero-order chi connectivity index (χ0) is 18.4. The Hall–Kier alpha value is -2.99. The molecular formula is C20H13BrN2O3. The summed E-state index contributed by atoms with van der Waals surface area (Å²) < 4.78 is 0.997. The summed E-state index contributed by atoms with van der Waals surface area (Å²) in [4.78, 5) is 37.4. The Balaban J connectivity index is 1.71. The zero-order valence-corrected chi connectivity index (χ0v) is 15.1. The second kappa shape index (κ2) is 6.07. The number of benzene rings is 3. The van der Waals surface area contributed by atoms with Crippen molar-refractivity contribution in [2.24, 2.45) is 5.73 Å². The van der Waals surface area contributed by atoms with Gasteiger partial charge in [0.2, 0.25) is 5.91 Å². The molecule has 0 aliphatic carbocycles. The molecule has 0 fully saturated rings. The number of carbonyl (C=O) groups excluding carboxylic acids is 3. The number of hydrogen-bond acceptors (Lipinski definition) is 3. The van der Waals surface area contributed by atoms with Gasteiger partial charge in [0.25, 0.3) is 11.7 Å². The molecule has 5 nitrogen and oxygen atoms in total. The van der Waals surface area contributed by atoms with Crippen molar-refractivity contribution in [2.45, 2.75) is 6.54 Å². The Morgan fingerprint density at radius 2 is 1.69 bits per heavy atom. The molecule has 0 unspecified atom stereocenters. The van der Waals surface area contributed by atoms with E-state index < -0.39 is 17.6 Å². The van der Waals surface area contributed by atoms with E-state index in [1.807, 2.05) is 36.4 Å². The van der Waals surface area contributed by atoms with E-state index in [1.54, 1.807) is 6.07 Å². The fraction of sp³-hybridized carbons (Fsp3) is 0.0500. The average Bonchev–Trinajstić information content (AvgIpc) is 2.86. The highest BCUT2D eigenvalue weighted by atomic mass is 79.9. The lowest BCUT2D eigenvalue weighted by molar-refractivity contribution is -0.114. The first-order chi connectivity index (χ1) is 12.4. The van der Waals surface area contributed by atoms with E-state index >= 15 is 0 Å². The first-order valence-corrected chi connectivity index (χ1v) is 8.71. The Morgan fingerprint density at radius 1 is 0.962 bits per heavy atom. The van der Waals surface area contributed by atoms with Crippen molar-refractivity contribution in [1.29, 1.82) is 0 Å². The number of anilines is 1. The summed E-state index contributed by atoms with van der Waals surface area (Å²) >= 11 is 3.45. The van der Waals surface area contributed by atoms with Crippen molar-refractivity contribution in [3.63, 3.8) is 0 Å². The summed E-state index contributed by atoms with van der Waals surface area (Å²) in [5.74, 6) is -1.85. The number of nitrogens with zero attached hydrogens (tertiary/aromatic N) is 1. The van der Waals surface area contributed by atoms with E-state index in [0.717, 1.165) is 20.8 Å². The maximum atomic E-state index is 12.4. The summed E-state index contributed by atoms with van der Waals surface area (Å²) in [6.07, 6.45) is 0. The number of fused-ring (bicyclic) bond motifs is 2. The molecule has 3 aromatic rings. The van der Waals surface area contributed by atoms with Crippen LogP contribution in [0.4, 0.5) is 5.69 Å². The van der Waals surface area contributed by atoms with Crippen LogP contribution in [0.1, 0.15) is 26.3 Å². The predicted octanol–water partition coefficient (Wildman–Crippen LogP) is 3.43. The number of hydrogen-bond donors (Lipinski definition) is 1. The van der Waals surface area contributed by atoms with Crippen LogP contribution in [-0.4, -0.2) is 17.6 Å². The zero-order valence-electron chi connectivity index (χ0n) is 13.5. The van der Waals surface area contributed by atoms with E-state index in [-0.39, 0.29) is 17.7 Å². The molecule has 0 bridgehead atoms. The number of primary amides is 1. The molecule has 0 radical (unpaired) electrons. The summed E-state index contributed by atoms with van der Waals surface area (Å²) in [6.45, 7) is 0.277. The molecule has 4 rings (SSSR count). The van der Waals surface area contributed by atoms with Crippen LogP contribution in [0.2, 0.25) is 0 Å². The molecular weight excluding hydrogens is 396 g/mol. The quantitative estimate of drug-likeness (QED) is 0.674. The van der Waals surface area contributed by atoms with Crippen molar-refractivity contribution in [3.8, 4) is 0 Å². The molecule has 2 N–H and O–H groups in total. The second-order valence-corrected chi connectivity index (χ2v) is 7.06. The number of Topliss-reactive ketones (excluding diaryl/α,β-unsaturated/α-hetero) is 1. The van der Waals surface area contributed by atoms with Crippen LogP contribution in [-0.2, 0) is 11.3 Å². The Bertz CT molecular complexity index is 1110. The lowest BCUT2D eigenvalue weighted by Gasteiger charge is -2.17. The molecule has 3 aromatic carbocycles. The molecule has 2 amide bonds. The van der Waals surface area contributed by atoms with Gasteiger partial charge in [-0.3, -0.25) is 14.4 Å². The van der Waals surface area contributed by atoms with Crippen molar-refractivity contribution in [3.05, 3.63) is 75.8 Å². The lowest BCUT2D eigenvalue weighted by atomic mass is 10.1. The number of amides is 2. The minimum Gasteiger partial charge on any atom is -0.366 e. The third-order valence-electron chi connectivity index (χ3n) is 4.46. The highest BCUT2D eigenvalue weighted by Gasteiger charge is 2.36. The van der Waals surface area contributed by atoms with E-state index in [9.17, 15) is 14.4 Å². The van der Waals surface area contributed by atoms with Gasteiger partial charge < -0.3 is 10.6 Å². The summed E-state index contributed by atoms with van der Waals surface area (Å²) in [5.41, 5.74) is 7.10. The van der Waals surface area contributed by atoms with E-state index in [4.69, 9.17) is 5.73 Å². The van der Waals surface area contributed by atoms with Gasteiger partial charge in [0, 0.05) is 10.0 Å². The van der Waals surface area contributed by atoms with Gasteiger partial charge in [0.05, 0.1) is 17.8 Å². The normalized spacial score (nSPS) is 13.3. The minimum atomic E-state index is -0.632. The molecule has 1 heterocycles. The standard InChI is InChI=1S/C20H13BrN2O3/c21-15-5-3-12-7-11(1-2-13(12)8-15)10-23-17-6-4-14(19(22)25)9-16(17)18(24)20(23)26/h1-9H,10H2,(H2,22,25). The number of nitrogens with two attached hydrogens (primary N) is 1. The Labute approximate surface area is 157 Å². The first kappa shape index (κ1) is 16.5. The van der Waals surface area contributed by atoms with Crippen LogP contribution in [0.15, 0.2) is 59.1 Å². The highest BCUT2D eigenvalue weighted by molar-refractivity contribution is 9.10. The van der Waals surface area contributed by atoms with Crippen LogP contribution in [0.25, 0.3) is 10.8 Å². The molecule has 0 spiro atoms. The van der Waals surface area contributed by atoms with Crippen LogP contribution < -0.4 is 10.6 Å². The van der Waals surface area contributed by atoms with Crippen LogP contribution in [0, 0.1) is 0 Å². The smallest absolute Gasteiger partial charge is 0.299 e. The van der Waals surface area contributed by atoms with Gasteiger partial charge in [0.15, 0.2) is 0 Å². The molecule has 1 aliphatic heterocycles. The van der Waals surface area contributed by atoms with Crippen molar-refractivity contribution in [2.75, 3.05) is 4.90 Å². The fourth-order valence-corrected chi connectivity index (χ4v) is 3.54. The maximum Gasteiger partial charge on any atom is 0.299 e. The largest absolute Gasteiger partial charge is 0.366 e. The molecule has 0 saturated heterocycles. The van der Waals surface area contributed by atoms with E-state index in [1.165, 1.54) is 17.0 Å². The third kappa shape index (κ3) is 2.68. The number of halogens is 1. The Morgan fingerprint density at radius 3 is 2.46 bits per heavy atom. The molecule has 6 heteroatoms. The Kier molecular flexibility index (Phi) is 3.85. The molecule has 26 heavy (non-hydrogen) atoms. The molecule has 0 aromatic heterocycles. The van der Waals surface area contributed by atoms with E-state index in [2.05, 4.69) is 15.9 Å². The van der Waals surface area contributed by atoms with Gasteiger partial charge in [-0.05, 0) is 52.7 Å². The van der Waals surface area contributed by atoms with Crippen LogP contribution in [0.5, 0.6) is 0 Å². The van der Waals surface area contributed by atoms with E-state index in [0.29, 0.717) is 5.69 Å². The fourth-order valence-electron chi connectivity index (χ4n) is 3.16. The SMILES string of the molecule is NC(=O)c1ccc2c(c1)C(=O)C(=O)N2Cc1ccc2cc(Br)ccc2c1. The van der Waals surface area contributed by atoms with Gasteiger partial charge in [-0.15, -0.1) is 0 Å². The van der Waals surface area contributed by atoms with Crippen molar-refractivity contribution >= 4 is 50.0 Å². The topological polar surface area (TPSA) is 80.5 Å². The minimum absolute atomic E-state index is 0.211. The lowest BCUT2D eigenvalue weighted by Crippen LogP contribution is -2.29. The summed E-state index contributed by atoms with van der Waals surface area (Å²) in [6, 6.07) is 16.4. The maximum absolute atomic E-state index is 12.4. The molecule has 0 saturated carbocycles. The van der Waals surface area contributed by atoms with Gasteiger partial charge in [-0.25, -0.2) is 0 Å². The van der Waals surface area contributed by atoms with Gasteiger partial charge in [-0.2, -0.15) is 0 Å². The van der Waals surface area contributed by atoms with Crippen molar-refractivity contribution in [1.82, 2.24) is 0 Å².